The maximum atomic E-state index is 11.3. The number of nitrogens with zero attached hydrogens (tertiary/aromatic N) is 3. The van der Waals surface area contributed by atoms with Crippen LogP contribution in [-0.4, -0.2) is 87.7 Å². The van der Waals surface area contributed by atoms with Crippen molar-refractivity contribution in [1.29, 1.82) is 0 Å². The summed E-state index contributed by atoms with van der Waals surface area (Å²) in [7, 11) is 5.64. The van der Waals surface area contributed by atoms with Crippen LogP contribution >= 0.6 is 0 Å². The van der Waals surface area contributed by atoms with Gasteiger partial charge in [0.1, 0.15) is 0 Å². The second-order valence-corrected chi connectivity index (χ2v) is 5.32. The molecule has 5 nitrogen and oxygen atoms in total. The number of methoxy groups -OCH3 is 1. The minimum Gasteiger partial charge on any atom is -0.466 e. The van der Waals surface area contributed by atoms with Crippen LogP contribution in [0.3, 0.4) is 0 Å². The molecule has 1 aliphatic heterocycles. The Morgan fingerprint density at radius 3 is 2.32 bits per heavy atom. The van der Waals surface area contributed by atoms with E-state index in [9.17, 15) is 4.79 Å². The molecule has 0 aliphatic carbocycles. The zero-order valence-corrected chi connectivity index (χ0v) is 12.7. The molecule has 1 rings (SSSR count). The Morgan fingerprint density at radius 2 is 1.79 bits per heavy atom. The molecule has 1 aliphatic rings. The Hall–Kier alpha value is -0.910. The van der Waals surface area contributed by atoms with Gasteiger partial charge in [-0.2, -0.15) is 0 Å². The van der Waals surface area contributed by atoms with E-state index in [2.05, 4.69) is 33.5 Å². The predicted molar refractivity (Wildman–Crippen MR) is 77.2 cm³/mol. The SMILES string of the molecule is COC(=O)C(C)=CCN1CCN(CCN(C)C)CC1. The molecule has 1 fully saturated rings. The number of carbonyl (C=O) groups excluding carboxylic acids is 1. The van der Waals surface area contributed by atoms with Crippen molar-refractivity contribution in [2.45, 2.75) is 6.92 Å². The first-order valence-electron chi connectivity index (χ1n) is 6.87. The molecular weight excluding hydrogens is 242 g/mol. The van der Waals surface area contributed by atoms with Crippen molar-refractivity contribution in [2.24, 2.45) is 0 Å². The summed E-state index contributed by atoms with van der Waals surface area (Å²) in [5.41, 5.74) is 0.692. The van der Waals surface area contributed by atoms with E-state index < -0.39 is 0 Å². The van der Waals surface area contributed by atoms with Crippen molar-refractivity contribution in [3.05, 3.63) is 11.6 Å². The summed E-state index contributed by atoms with van der Waals surface area (Å²) in [6.07, 6.45) is 1.96. The van der Waals surface area contributed by atoms with Crippen LogP contribution < -0.4 is 0 Å². The minimum atomic E-state index is -0.232. The van der Waals surface area contributed by atoms with Gasteiger partial charge in [0.2, 0.25) is 0 Å². The maximum Gasteiger partial charge on any atom is 0.333 e. The molecule has 0 aromatic heterocycles. The number of esters is 1. The Labute approximate surface area is 116 Å². The highest BCUT2D eigenvalue weighted by Gasteiger charge is 2.16. The van der Waals surface area contributed by atoms with E-state index in [-0.39, 0.29) is 5.97 Å². The van der Waals surface area contributed by atoms with Gasteiger partial charge in [-0.25, -0.2) is 4.79 Å². The molecule has 0 aromatic rings. The van der Waals surface area contributed by atoms with Gasteiger partial charge >= 0.3 is 5.97 Å². The van der Waals surface area contributed by atoms with Gasteiger partial charge in [0.25, 0.3) is 0 Å². The molecule has 110 valence electrons. The lowest BCUT2D eigenvalue weighted by Crippen LogP contribution is -2.47. The molecule has 1 saturated heterocycles. The first kappa shape index (κ1) is 16.1. The summed E-state index contributed by atoms with van der Waals surface area (Å²) in [6.45, 7) is 9.25. The van der Waals surface area contributed by atoms with Crippen molar-refractivity contribution >= 4 is 5.97 Å². The quantitative estimate of drug-likeness (QED) is 0.511. The standard InChI is InChI=1S/C14H27N3O2/c1-13(14(18)19-4)5-6-16-9-11-17(12-10-16)8-7-15(2)3/h5H,6-12H2,1-4H3. The van der Waals surface area contributed by atoms with Crippen LogP contribution in [0.4, 0.5) is 0 Å². The van der Waals surface area contributed by atoms with Crippen molar-refractivity contribution in [3.8, 4) is 0 Å². The molecule has 19 heavy (non-hydrogen) atoms. The number of likely N-dealkylation sites (N-methyl/N-ethyl adjacent to an activating group) is 1. The van der Waals surface area contributed by atoms with Crippen LogP contribution in [-0.2, 0) is 9.53 Å². The van der Waals surface area contributed by atoms with E-state index in [1.165, 1.54) is 7.11 Å². The van der Waals surface area contributed by atoms with Crippen LogP contribution in [0, 0.1) is 0 Å². The third-order valence-electron chi connectivity index (χ3n) is 3.49. The topological polar surface area (TPSA) is 36.0 Å². The number of hydrogen-bond acceptors (Lipinski definition) is 5. The fourth-order valence-corrected chi connectivity index (χ4v) is 2.05. The summed E-state index contributed by atoms with van der Waals surface area (Å²) >= 11 is 0. The highest BCUT2D eigenvalue weighted by Crippen LogP contribution is 2.03. The molecular formula is C14H27N3O2. The van der Waals surface area contributed by atoms with Crippen LogP contribution in [0.5, 0.6) is 0 Å². The third kappa shape index (κ3) is 6.18. The van der Waals surface area contributed by atoms with Gasteiger partial charge in [0.05, 0.1) is 7.11 Å². The summed E-state index contributed by atoms with van der Waals surface area (Å²) in [4.78, 5) is 18.3. The summed E-state index contributed by atoms with van der Waals surface area (Å²) < 4.78 is 4.68. The van der Waals surface area contributed by atoms with Crippen molar-refractivity contribution in [3.63, 3.8) is 0 Å². The second-order valence-electron chi connectivity index (χ2n) is 5.32. The maximum absolute atomic E-state index is 11.3. The largest absolute Gasteiger partial charge is 0.466 e. The van der Waals surface area contributed by atoms with Gasteiger partial charge in [0.15, 0.2) is 0 Å². The van der Waals surface area contributed by atoms with Gasteiger partial charge in [0, 0.05) is 51.4 Å². The van der Waals surface area contributed by atoms with E-state index in [1.54, 1.807) is 6.92 Å². The number of carbonyl (C=O) groups is 1. The van der Waals surface area contributed by atoms with Gasteiger partial charge in [-0.15, -0.1) is 0 Å². The molecule has 5 heteroatoms. The molecule has 0 atom stereocenters. The third-order valence-corrected chi connectivity index (χ3v) is 3.49. The van der Waals surface area contributed by atoms with Gasteiger partial charge in [-0.05, 0) is 21.0 Å². The lowest BCUT2D eigenvalue weighted by Gasteiger charge is -2.34. The van der Waals surface area contributed by atoms with Crippen molar-refractivity contribution in [2.75, 3.05) is 67.0 Å². The second kappa shape index (κ2) is 8.30. The van der Waals surface area contributed by atoms with E-state index in [4.69, 9.17) is 0 Å². The van der Waals surface area contributed by atoms with Crippen LogP contribution in [0.1, 0.15) is 6.92 Å². The summed E-state index contributed by atoms with van der Waals surface area (Å²) in [5.74, 6) is -0.232. The Morgan fingerprint density at radius 1 is 1.21 bits per heavy atom. The number of hydrogen-bond donors (Lipinski definition) is 0. The molecule has 0 radical (unpaired) electrons. The number of ether oxygens (including phenoxy) is 1. The Bertz CT molecular complexity index is 308. The Balaban J connectivity index is 2.25. The van der Waals surface area contributed by atoms with E-state index in [1.807, 2.05) is 6.08 Å². The van der Waals surface area contributed by atoms with Crippen molar-refractivity contribution in [1.82, 2.24) is 14.7 Å². The van der Waals surface area contributed by atoms with E-state index >= 15 is 0 Å². The van der Waals surface area contributed by atoms with E-state index in [0.717, 1.165) is 45.8 Å². The highest BCUT2D eigenvalue weighted by molar-refractivity contribution is 5.87. The van der Waals surface area contributed by atoms with Crippen molar-refractivity contribution < 1.29 is 9.53 Å². The fourth-order valence-electron chi connectivity index (χ4n) is 2.05. The average molecular weight is 269 g/mol. The summed E-state index contributed by atoms with van der Waals surface area (Å²) in [5, 5.41) is 0. The zero-order valence-electron chi connectivity index (χ0n) is 12.7. The monoisotopic (exact) mass is 269 g/mol. The van der Waals surface area contributed by atoms with Gasteiger partial charge < -0.3 is 9.64 Å². The molecule has 0 unspecified atom stereocenters. The number of piperazine rings is 1. The minimum absolute atomic E-state index is 0.232. The van der Waals surface area contributed by atoms with Crippen LogP contribution in [0.2, 0.25) is 0 Å². The van der Waals surface area contributed by atoms with Crippen LogP contribution in [0.25, 0.3) is 0 Å². The lowest BCUT2D eigenvalue weighted by molar-refractivity contribution is -0.136. The highest BCUT2D eigenvalue weighted by atomic mass is 16.5. The first-order chi connectivity index (χ1) is 9.02. The van der Waals surface area contributed by atoms with Gasteiger partial charge in [-0.3, -0.25) is 9.80 Å². The smallest absolute Gasteiger partial charge is 0.333 e. The zero-order chi connectivity index (χ0) is 14.3. The first-order valence-corrected chi connectivity index (χ1v) is 6.87. The predicted octanol–water partition coefficient (Wildman–Crippen LogP) is 0.285. The summed E-state index contributed by atoms with van der Waals surface area (Å²) in [6, 6.07) is 0. The molecule has 0 amide bonds. The van der Waals surface area contributed by atoms with E-state index in [0.29, 0.717) is 5.57 Å². The molecule has 1 heterocycles. The molecule has 0 spiro atoms. The van der Waals surface area contributed by atoms with Gasteiger partial charge in [-0.1, -0.05) is 6.08 Å². The fraction of sp³-hybridized carbons (Fsp3) is 0.786. The molecule has 0 aromatic carbocycles. The molecule has 0 N–H and O–H groups in total. The Kier molecular flexibility index (Phi) is 7.05. The van der Waals surface area contributed by atoms with Crippen LogP contribution in [0.15, 0.2) is 11.6 Å². The molecule has 0 bridgehead atoms. The normalized spacial score (nSPS) is 18.9. The molecule has 0 saturated carbocycles. The number of rotatable bonds is 6. The average Bonchev–Trinajstić information content (AvgIpc) is 2.42. The lowest BCUT2D eigenvalue weighted by atomic mass is 10.2.